The van der Waals surface area contributed by atoms with Crippen LogP contribution in [0.25, 0.3) is 0 Å². The number of nitriles is 1. The van der Waals surface area contributed by atoms with E-state index < -0.39 is 0 Å². The molecular weight excluding hydrogens is 362 g/mol. The molecular formula is C24H23N3O2. The van der Waals surface area contributed by atoms with Gasteiger partial charge in [-0.05, 0) is 41.0 Å². The Kier molecular flexibility index (Phi) is 6.85. The molecule has 0 bridgehead atoms. The molecule has 2 amide bonds. The van der Waals surface area contributed by atoms with Gasteiger partial charge in [0.25, 0.3) is 0 Å². The maximum atomic E-state index is 12.3. The molecule has 0 spiro atoms. The molecule has 5 heteroatoms. The first kappa shape index (κ1) is 20.0. The number of nitrogens with one attached hydrogen (secondary N) is 1. The van der Waals surface area contributed by atoms with Crippen LogP contribution in [0.15, 0.2) is 78.9 Å². The third-order valence-electron chi connectivity index (χ3n) is 4.44. The van der Waals surface area contributed by atoms with Crippen LogP contribution in [0.2, 0.25) is 0 Å². The Morgan fingerprint density at radius 1 is 0.966 bits per heavy atom. The SMILES string of the molecule is CN(Cc1cccc(C#N)c1)C(=O)NCc1ccc(OCc2ccccc2)cc1. The second-order valence-corrected chi connectivity index (χ2v) is 6.75. The summed E-state index contributed by atoms with van der Waals surface area (Å²) < 4.78 is 5.78. The van der Waals surface area contributed by atoms with Crippen LogP contribution in [-0.2, 0) is 19.7 Å². The van der Waals surface area contributed by atoms with Gasteiger partial charge >= 0.3 is 6.03 Å². The number of ether oxygens (including phenoxy) is 1. The van der Waals surface area contributed by atoms with Gasteiger partial charge in [0, 0.05) is 20.1 Å². The van der Waals surface area contributed by atoms with Crippen molar-refractivity contribution in [2.45, 2.75) is 19.7 Å². The number of benzene rings is 3. The van der Waals surface area contributed by atoms with Crippen molar-refractivity contribution in [2.75, 3.05) is 7.05 Å². The molecule has 0 aliphatic rings. The summed E-state index contributed by atoms with van der Waals surface area (Å²) in [6.45, 7) is 1.39. The van der Waals surface area contributed by atoms with Gasteiger partial charge in [-0.15, -0.1) is 0 Å². The van der Waals surface area contributed by atoms with E-state index >= 15 is 0 Å². The van der Waals surface area contributed by atoms with Gasteiger partial charge < -0.3 is 15.0 Å². The lowest BCUT2D eigenvalue weighted by atomic mass is 10.1. The zero-order chi connectivity index (χ0) is 20.5. The van der Waals surface area contributed by atoms with E-state index in [4.69, 9.17) is 10.00 Å². The van der Waals surface area contributed by atoms with Crippen molar-refractivity contribution in [3.63, 3.8) is 0 Å². The van der Waals surface area contributed by atoms with E-state index in [1.165, 1.54) is 0 Å². The Morgan fingerprint density at radius 3 is 2.41 bits per heavy atom. The maximum Gasteiger partial charge on any atom is 0.317 e. The normalized spacial score (nSPS) is 10.1. The lowest BCUT2D eigenvalue weighted by Gasteiger charge is -2.18. The molecule has 0 saturated heterocycles. The van der Waals surface area contributed by atoms with Crippen LogP contribution in [0, 0.1) is 11.3 Å². The molecule has 0 aliphatic carbocycles. The summed E-state index contributed by atoms with van der Waals surface area (Å²) in [5.74, 6) is 0.790. The molecule has 3 aromatic rings. The van der Waals surface area contributed by atoms with Crippen LogP contribution < -0.4 is 10.1 Å². The van der Waals surface area contributed by atoms with E-state index in [2.05, 4.69) is 11.4 Å². The Morgan fingerprint density at radius 2 is 1.69 bits per heavy atom. The quantitative estimate of drug-likeness (QED) is 0.652. The standard InChI is InChI=1S/C24H23N3O2/c1-27(17-22-9-5-8-21(14-22)15-25)24(28)26-16-19-10-12-23(13-11-19)29-18-20-6-3-2-4-7-20/h2-14H,16-18H2,1H3,(H,26,28). The van der Waals surface area contributed by atoms with Crippen molar-refractivity contribution in [3.8, 4) is 11.8 Å². The first-order valence-electron chi connectivity index (χ1n) is 9.38. The highest BCUT2D eigenvalue weighted by Gasteiger charge is 2.09. The fourth-order valence-electron chi connectivity index (χ4n) is 2.84. The summed E-state index contributed by atoms with van der Waals surface area (Å²) in [5.41, 5.74) is 3.62. The van der Waals surface area contributed by atoms with Crippen LogP contribution in [0.1, 0.15) is 22.3 Å². The predicted octanol–water partition coefficient (Wildman–Crippen LogP) is 4.48. The Hall–Kier alpha value is -3.78. The second kappa shape index (κ2) is 9.95. The van der Waals surface area contributed by atoms with E-state index in [0.717, 1.165) is 22.4 Å². The van der Waals surface area contributed by atoms with Gasteiger partial charge in [0.2, 0.25) is 0 Å². The predicted molar refractivity (Wildman–Crippen MR) is 112 cm³/mol. The van der Waals surface area contributed by atoms with Crippen LogP contribution >= 0.6 is 0 Å². The van der Waals surface area contributed by atoms with Gasteiger partial charge in [0.05, 0.1) is 11.6 Å². The van der Waals surface area contributed by atoms with Gasteiger partial charge in [-0.1, -0.05) is 54.6 Å². The minimum absolute atomic E-state index is 0.170. The third-order valence-corrected chi connectivity index (χ3v) is 4.44. The molecule has 146 valence electrons. The topological polar surface area (TPSA) is 65.4 Å². The van der Waals surface area contributed by atoms with E-state index in [1.54, 1.807) is 24.1 Å². The fourth-order valence-corrected chi connectivity index (χ4v) is 2.84. The maximum absolute atomic E-state index is 12.3. The molecule has 0 unspecified atom stereocenters. The van der Waals surface area contributed by atoms with E-state index in [0.29, 0.717) is 25.3 Å². The lowest BCUT2D eigenvalue weighted by Crippen LogP contribution is -2.36. The number of urea groups is 1. The number of carbonyl (C=O) groups excluding carboxylic acids is 1. The van der Waals surface area contributed by atoms with Gasteiger partial charge in [-0.3, -0.25) is 0 Å². The molecule has 5 nitrogen and oxygen atoms in total. The number of amides is 2. The molecule has 0 fully saturated rings. The molecule has 0 atom stereocenters. The largest absolute Gasteiger partial charge is 0.489 e. The Bertz CT molecular complexity index is 979. The highest BCUT2D eigenvalue weighted by Crippen LogP contribution is 2.14. The van der Waals surface area contributed by atoms with E-state index in [9.17, 15) is 4.79 Å². The third kappa shape index (κ3) is 6.12. The number of hydrogen-bond acceptors (Lipinski definition) is 3. The summed E-state index contributed by atoms with van der Waals surface area (Å²) in [6.07, 6.45) is 0. The van der Waals surface area contributed by atoms with Crippen molar-refractivity contribution in [3.05, 3.63) is 101 Å². The van der Waals surface area contributed by atoms with Gasteiger partial charge in [-0.25, -0.2) is 4.79 Å². The number of nitrogens with zero attached hydrogens (tertiary/aromatic N) is 2. The Balaban J connectivity index is 1.46. The van der Waals surface area contributed by atoms with Crippen LogP contribution in [0.3, 0.4) is 0 Å². The zero-order valence-electron chi connectivity index (χ0n) is 16.3. The van der Waals surface area contributed by atoms with Crippen LogP contribution in [-0.4, -0.2) is 18.0 Å². The first-order valence-corrected chi connectivity index (χ1v) is 9.38. The van der Waals surface area contributed by atoms with Gasteiger partial charge in [-0.2, -0.15) is 5.26 Å². The summed E-state index contributed by atoms with van der Waals surface area (Å²) >= 11 is 0. The van der Waals surface area contributed by atoms with Crippen molar-refractivity contribution in [1.29, 1.82) is 5.26 Å². The van der Waals surface area contributed by atoms with Crippen LogP contribution in [0.5, 0.6) is 5.75 Å². The molecule has 0 heterocycles. The van der Waals surface area contributed by atoms with E-state index in [1.807, 2.05) is 66.7 Å². The van der Waals surface area contributed by atoms with Crippen molar-refractivity contribution in [2.24, 2.45) is 0 Å². The number of rotatable bonds is 7. The minimum Gasteiger partial charge on any atom is -0.489 e. The monoisotopic (exact) mass is 385 g/mol. The summed E-state index contributed by atoms with van der Waals surface area (Å²) in [7, 11) is 1.73. The van der Waals surface area contributed by atoms with Crippen LogP contribution in [0.4, 0.5) is 4.79 Å². The van der Waals surface area contributed by atoms with Gasteiger partial charge in [0.15, 0.2) is 0 Å². The highest BCUT2D eigenvalue weighted by molar-refractivity contribution is 5.73. The van der Waals surface area contributed by atoms with E-state index in [-0.39, 0.29) is 6.03 Å². The molecule has 3 aromatic carbocycles. The number of carbonyl (C=O) groups is 1. The molecule has 3 rings (SSSR count). The van der Waals surface area contributed by atoms with Crippen molar-refractivity contribution in [1.82, 2.24) is 10.2 Å². The molecule has 0 radical (unpaired) electrons. The summed E-state index contributed by atoms with van der Waals surface area (Å²) in [4.78, 5) is 13.9. The van der Waals surface area contributed by atoms with Crippen molar-refractivity contribution < 1.29 is 9.53 Å². The molecule has 0 saturated carbocycles. The minimum atomic E-state index is -0.170. The first-order chi connectivity index (χ1) is 14.1. The number of hydrogen-bond donors (Lipinski definition) is 1. The molecule has 1 N–H and O–H groups in total. The molecule has 0 aromatic heterocycles. The molecule has 29 heavy (non-hydrogen) atoms. The zero-order valence-corrected chi connectivity index (χ0v) is 16.3. The average Bonchev–Trinajstić information content (AvgIpc) is 2.77. The Labute approximate surface area is 171 Å². The van der Waals surface area contributed by atoms with Gasteiger partial charge in [0.1, 0.15) is 12.4 Å². The molecule has 0 aliphatic heterocycles. The lowest BCUT2D eigenvalue weighted by molar-refractivity contribution is 0.206. The second-order valence-electron chi connectivity index (χ2n) is 6.75. The van der Waals surface area contributed by atoms with Crippen molar-refractivity contribution >= 4 is 6.03 Å². The fraction of sp³-hybridized carbons (Fsp3) is 0.167. The smallest absolute Gasteiger partial charge is 0.317 e. The summed E-state index contributed by atoms with van der Waals surface area (Å²) in [6, 6.07) is 26.9. The highest BCUT2D eigenvalue weighted by atomic mass is 16.5. The summed E-state index contributed by atoms with van der Waals surface area (Å²) in [5, 5.41) is 11.9. The average molecular weight is 385 g/mol.